The van der Waals surface area contributed by atoms with Crippen LogP contribution in [0.15, 0.2) is 51.4 Å². The lowest BCUT2D eigenvalue weighted by Gasteiger charge is -2.17. The maximum absolute atomic E-state index is 13.2. The van der Waals surface area contributed by atoms with Crippen LogP contribution in [0, 0.1) is 5.82 Å². The molecule has 0 aliphatic heterocycles. The van der Waals surface area contributed by atoms with Gasteiger partial charge in [-0.1, -0.05) is 28.1 Å². The molecule has 0 N–H and O–H groups in total. The van der Waals surface area contributed by atoms with Crippen molar-refractivity contribution in [1.82, 2.24) is 4.90 Å². The van der Waals surface area contributed by atoms with Gasteiger partial charge in [-0.3, -0.25) is 4.79 Å². The lowest BCUT2D eigenvalue weighted by atomic mass is 10.1. The zero-order chi connectivity index (χ0) is 14.7. The second kappa shape index (κ2) is 6.50. The standard InChI is InChI=1S/C15H12Br2FNO/c1-19(9-10-2-5-12(16)6-3-10)15(20)11-4-7-14(18)13(17)8-11/h2-8H,9H2,1H3. The van der Waals surface area contributed by atoms with Crippen LogP contribution in [0.5, 0.6) is 0 Å². The van der Waals surface area contributed by atoms with Crippen LogP contribution in [0.4, 0.5) is 4.39 Å². The fraction of sp³-hybridized carbons (Fsp3) is 0.133. The maximum atomic E-state index is 13.2. The largest absolute Gasteiger partial charge is 0.337 e. The highest BCUT2D eigenvalue weighted by Crippen LogP contribution is 2.18. The molecule has 0 fully saturated rings. The van der Waals surface area contributed by atoms with E-state index in [-0.39, 0.29) is 11.7 Å². The van der Waals surface area contributed by atoms with Crippen LogP contribution in [-0.4, -0.2) is 17.9 Å². The van der Waals surface area contributed by atoms with E-state index in [0.717, 1.165) is 10.0 Å². The van der Waals surface area contributed by atoms with E-state index >= 15 is 0 Å². The van der Waals surface area contributed by atoms with Gasteiger partial charge in [-0.05, 0) is 51.8 Å². The van der Waals surface area contributed by atoms with Gasteiger partial charge in [0.25, 0.3) is 5.91 Å². The van der Waals surface area contributed by atoms with Gasteiger partial charge in [0, 0.05) is 23.6 Å². The number of hydrogen-bond acceptors (Lipinski definition) is 1. The van der Waals surface area contributed by atoms with Gasteiger partial charge in [-0.2, -0.15) is 0 Å². The van der Waals surface area contributed by atoms with Crippen molar-refractivity contribution in [3.8, 4) is 0 Å². The number of amides is 1. The summed E-state index contributed by atoms with van der Waals surface area (Å²) < 4.78 is 14.5. The molecule has 0 aliphatic rings. The minimum atomic E-state index is -0.378. The van der Waals surface area contributed by atoms with Crippen molar-refractivity contribution in [2.24, 2.45) is 0 Å². The molecule has 0 heterocycles. The molecule has 0 radical (unpaired) electrons. The Balaban J connectivity index is 2.11. The molecule has 2 rings (SSSR count). The van der Waals surface area contributed by atoms with Crippen LogP contribution in [0.1, 0.15) is 15.9 Å². The van der Waals surface area contributed by atoms with Gasteiger partial charge in [0.2, 0.25) is 0 Å². The van der Waals surface area contributed by atoms with Crippen LogP contribution in [0.25, 0.3) is 0 Å². The van der Waals surface area contributed by atoms with Crippen molar-refractivity contribution < 1.29 is 9.18 Å². The Morgan fingerprint density at radius 3 is 2.40 bits per heavy atom. The number of carbonyl (C=O) groups is 1. The summed E-state index contributed by atoms with van der Waals surface area (Å²) >= 11 is 6.46. The van der Waals surface area contributed by atoms with Crippen molar-refractivity contribution in [2.75, 3.05) is 7.05 Å². The maximum Gasteiger partial charge on any atom is 0.253 e. The van der Waals surface area contributed by atoms with E-state index in [0.29, 0.717) is 16.6 Å². The lowest BCUT2D eigenvalue weighted by molar-refractivity contribution is 0.0785. The average Bonchev–Trinajstić information content (AvgIpc) is 2.43. The van der Waals surface area contributed by atoms with E-state index in [9.17, 15) is 9.18 Å². The first kappa shape index (κ1) is 15.2. The molecule has 1 amide bonds. The van der Waals surface area contributed by atoms with Gasteiger partial charge < -0.3 is 4.90 Å². The fourth-order valence-corrected chi connectivity index (χ4v) is 2.43. The predicted octanol–water partition coefficient (Wildman–Crippen LogP) is 4.62. The van der Waals surface area contributed by atoms with Gasteiger partial charge in [-0.25, -0.2) is 4.39 Å². The van der Waals surface area contributed by atoms with Gasteiger partial charge in [0.15, 0.2) is 0 Å². The number of hydrogen-bond donors (Lipinski definition) is 0. The molecule has 0 atom stereocenters. The quantitative estimate of drug-likeness (QED) is 0.735. The number of halogens is 3. The monoisotopic (exact) mass is 399 g/mol. The molecular weight excluding hydrogens is 389 g/mol. The Bertz CT molecular complexity index is 628. The van der Waals surface area contributed by atoms with Crippen LogP contribution in [0.3, 0.4) is 0 Å². The minimum absolute atomic E-state index is 0.145. The Morgan fingerprint density at radius 2 is 1.80 bits per heavy atom. The minimum Gasteiger partial charge on any atom is -0.337 e. The highest BCUT2D eigenvalue weighted by molar-refractivity contribution is 9.10. The predicted molar refractivity (Wildman–Crippen MR) is 84.0 cm³/mol. The third kappa shape index (κ3) is 3.67. The first-order chi connectivity index (χ1) is 9.47. The topological polar surface area (TPSA) is 20.3 Å². The third-order valence-corrected chi connectivity index (χ3v) is 3.98. The lowest BCUT2D eigenvalue weighted by Crippen LogP contribution is -2.26. The molecule has 0 aromatic heterocycles. The zero-order valence-electron chi connectivity index (χ0n) is 10.7. The summed E-state index contributed by atoms with van der Waals surface area (Å²) in [5.41, 5.74) is 1.49. The van der Waals surface area contributed by atoms with E-state index in [4.69, 9.17) is 0 Å². The van der Waals surface area contributed by atoms with Crippen molar-refractivity contribution in [3.05, 3.63) is 68.4 Å². The summed E-state index contributed by atoms with van der Waals surface area (Å²) in [6.45, 7) is 0.501. The smallest absolute Gasteiger partial charge is 0.253 e. The van der Waals surface area contributed by atoms with Crippen molar-refractivity contribution in [2.45, 2.75) is 6.54 Å². The second-order valence-electron chi connectivity index (χ2n) is 4.42. The summed E-state index contributed by atoms with van der Waals surface area (Å²) in [4.78, 5) is 13.9. The Hall–Kier alpha value is -1.20. The molecule has 2 aromatic rings. The molecule has 0 spiro atoms. The van der Waals surface area contributed by atoms with Gasteiger partial charge in [-0.15, -0.1) is 0 Å². The summed E-state index contributed by atoms with van der Waals surface area (Å²) in [7, 11) is 1.72. The first-order valence-corrected chi connectivity index (χ1v) is 7.51. The van der Waals surface area contributed by atoms with Crippen LogP contribution >= 0.6 is 31.9 Å². The third-order valence-electron chi connectivity index (χ3n) is 2.85. The van der Waals surface area contributed by atoms with Crippen molar-refractivity contribution >= 4 is 37.8 Å². The molecule has 0 saturated heterocycles. The summed E-state index contributed by atoms with van der Waals surface area (Å²) in [5, 5.41) is 0. The molecule has 20 heavy (non-hydrogen) atoms. The highest BCUT2D eigenvalue weighted by atomic mass is 79.9. The number of nitrogens with zero attached hydrogens (tertiary/aromatic N) is 1. The zero-order valence-corrected chi connectivity index (χ0v) is 13.9. The molecule has 0 aliphatic carbocycles. The molecule has 0 saturated carbocycles. The normalized spacial score (nSPS) is 10.4. The number of rotatable bonds is 3. The van der Waals surface area contributed by atoms with Gasteiger partial charge in [0.1, 0.15) is 5.82 Å². The number of benzene rings is 2. The summed E-state index contributed by atoms with van der Waals surface area (Å²) in [6, 6.07) is 12.0. The van der Waals surface area contributed by atoms with E-state index in [1.165, 1.54) is 18.2 Å². The van der Waals surface area contributed by atoms with Gasteiger partial charge >= 0.3 is 0 Å². The van der Waals surface area contributed by atoms with Crippen LogP contribution < -0.4 is 0 Å². The van der Waals surface area contributed by atoms with Gasteiger partial charge in [0.05, 0.1) is 4.47 Å². The molecular formula is C15H12Br2FNO. The summed E-state index contributed by atoms with van der Waals surface area (Å²) in [5.74, 6) is -0.522. The molecule has 104 valence electrons. The first-order valence-electron chi connectivity index (χ1n) is 5.92. The van der Waals surface area contributed by atoms with Crippen molar-refractivity contribution in [3.63, 3.8) is 0 Å². The van der Waals surface area contributed by atoms with E-state index in [1.807, 2.05) is 24.3 Å². The average molecular weight is 401 g/mol. The van der Waals surface area contributed by atoms with E-state index in [1.54, 1.807) is 11.9 Å². The molecule has 5 heteroatoms. The van der Waals surface area contributed by atoms with E-state index in [2.05, 4.69) is 31.9 Å². The molecule has 2 aromatic carbocycles. The SMILES string of the molecule is CN(Cc1ccc(Br)cc1)C(=O)c1ccc(F)c(Br)c1. The fourth-order valence-electron chi connectivity index (χ4n) is 1.79. The second-order valence-corrected chi connectivity index (χ2v) is 6.19. The Labute approximate surface area is 133 Å². The Kier molecular flexibility index (Phi) is 4.94. The number of carbonyl (C=O) groups excluding carboxylic acids is 1. The summed E-state index contributed by atoms with van der Waals surface area (Å²) in [6.07, 6.45) is 0. The van der Waals surface area contributed by atoms with Crippen LogP contribution in [0.2, 0.25) is 0 Å². The molecule has 0 bridgehead atoms. The van der Waals surface area contributed by atoms with Crippen molar-refractivity contribution in [1.29, 1.82) is 0 Å². The highest BCUT2D eigenvalue weighted by Gasteiger charge is 2.13. The van der Waals surface area contributed by atoms with E-state index < -0.39 is 0 Å². The molecule has 2 nitrogen and oxygen atoms in total. The molecule has 0 unspecified atom stereocenters. The Morgan fingerprint density at radius 1 is 1.15 bits per heavy atom. The van der Waals surface area contributed by atoms with Crippen LogP contribution in [-0.2, 0) is 6.54 Å².